The maximum absolute atomic E-state index is 11.2. The minimum Gasteiger partial charge on any atom is -0.448 e. The molecule has 3 aromatic rings. The molecule has 0 fully saturated rings. The van der Waals surface area contributed by atoms with E-state index in [0.717, 1.165) is 5.56 Å². The highest BCUT2D eigenvalue weighted by molar-refractivity contribution is 5.91. The van der Waals surface area contributed by atoms with Crippen molar-refractivity contribution in [2.75, 3.05) is 0 Å². The molecule has 0 amide bonds. The van der Waals surface area contributed by atoms with Crippen molar-refractivity contribution in [3.8, 4) is 23.0 Å². The van der Waals surface area contributed by atoms with Gasteiger partial charge in [0, 0.05) is 12.5 Å². The lowest BCUT2D eigenvalue weighted by atomic mass is 10.2. The molecule has 1 aromatic carbocycles. The Balaban J connectivity index is 1.94. The summed E-state index contributed by atoms with van der Waals surface area (Å²) in [6.07, 6.45) is 1.64. The van der Waals surface area contributed by atoms with Gasteiger partial charge in [-0.15, -0.1) is 0 Å². The van der Waals surface area contributed by atoms with Gasteiger partial charge in [0.05, 0.1) is 6.20 Å². The van der Waals surface area contributed by atoms with Gasteiger partial charge in [-0.3, -0.25) is 4.79 Å². The highest BCUT2D eigenvalue weighted by atomic mass is 16.4. The molecule has 0 radical (unpaired) electrons. The van der Waals surface area contributed by atoms with Gasteiger partial charge in [-0.1, -0.05) is 30.3 Å². The van der Waals surface area contributed by atoms with Crippen molar-refractivity contribution in [1.29, 1.82) is 0 Å². The highest BCUT2D eigenvalue weighted by Crippen LogP contribution is 2.27. The number of aromatic nitrogens is 1. The van der Waals surface area contributed by atoms with E-state index in [2.05, 4.69) is 4.98 Å². The Morgan fingerprint density at radius 3 is 2.47 bits per heavy atom. The number of carbonyl (C=O) groups excluding carboxylic acids is 1. The molecule has 0 N–H and O–H groups in total. The third-order valence-electron chi connectivity index (χ3n) is 2.73. The normalized spacial score (nSPS) is 10.6. The van der Waals surface area contributed by atoms with Gasteiger partial charge in [0.15, 0.2) is 23.1 Å². The van der Waals surface area contributed by atoms with E-state index in [4.69, 9.17) is 8.83 Å². The fraction of sp³-hybridized carbons (Fsp3) is 0.0667. The van der Waals surface area contributed by atoms with Gasteiger partial charge in [0.25, 0.3) is 5.89 Å². The standard InChI is InChI=1S/C15H11NO3/c1-10(17)12-7-8-13(18-12)15-16-9-14(19-15)11-5-3-2-4-6-11/h2-9H,1H3. The Labute approximate surface area is 109 Å². The minimum absolute atomic E-state index is 0.124. The van der Waals surface area contributed by atoms with Gasteiger partial charge < -0.3 is 8.83 Å². The molecule has 4 heteroatoms. The number of hydrogen-bond donors (Lipinski definition) is 0. The van der Waals surface area contributed by atoms with Gasteiger partial charge in [-0.25, -0.2) is 4.98 Å². The molecule has 4 nitrogen and oxygen atoms in total. The Kier molecular flexibility index (Phi) is 2.76. The lowest BCUT2D eigenvalue weighted by molar-refractivity contribution is 0.0988. The predicted octanol–water partition coefficient (Wildman–Crippen LogP) is 3.80. The summed E-state index contributed by atoms with van der Waals surface area (Å²) in [6, 6.07) is 13.0. The molecule has 0 unspecified atom stereocenters. The van der Waals surface area contributed by atoms with Crippen LogP contribution in [0.15, 0.2) is 57.5 Å². The monoisotopic (exact) mass is 253 g/mol. The molecular formula is C15H11NO3. The van der Waals surface area contributed by atoms with Crippen molar-refractivity contribution < 1.29 is 13.6 Å². The second-order valence-corrected chi connectivity index (χ2v) is 4.12. The molecule has 0 aliphatic heterocycles. The second kappa shape index (κ2) is 4.57. The molecule has 0 atom stereocenters. The molecule has 19 heavy (non-hydrogen) atoms. The molecular weight excluding hydrogens is 242 g/mol. The fourth-order valence-electron chi connectivity index (χ4n) is 1.77. The Morgan fingerprint density at radius 1 is 1.00 bits per heavy atom. The van der Waals surface area contributed by atoms with Crippen molar-refractivity contribution in [2.24, 2.45) is 0 Å². The molecule has 0 aliphatic rings. The smallest absolute Gasteiger partial charge is 0.263 e. The number of oxazole rings is 1. The first-order chi connectivity index (χ1) is 9.24. The number of Topliss-reactive ketones (excluding diaryl/α,β-unsaturated/α-hetero) is 1. The van der Waals surface area contributed by atoms with Gasteiger partial charge in [0.2, 0.25) is 0 Å². The zero-order chi connectivity index (χ0) is 13.2. The van der Waals surface area contributed by atoms with E-state index in [0.29, 0.717) is 23.2 Å². The molecule has 3 rings (SSSR count). The van der Waals surface area contributed by atoms with Crippen molar-refractivity contribution >= 4 is 5.78 Å². The molecule has 2 aromatic heterocycles. The predicted molar refractivity (Wildman–Crippen MR) is 69.6 cm³/mol. The van der Waals surface area contributed by atoms with Gasteiger partial charge in [-0.05, 0) is 12.1 Å². The van der Waals surface area contributed by atoms with Crippen molar-refractivity contribution in [1.82, 2.24) is 4.98 Å². The molecule has 0 bridgehead atoms. The van der Waals surface area contributed by atoms with Crippen LogP contribution in [0.25, 0.3) is 23.0 Å². The van der Waals surface area contributed by atoms with E-state index in [1.165, 1.54) is 6.92 Å². The van der Waals surface area contributed by atoms with Crippen LogP contribution < -0.4 is 0 Å². The molecule has 94 valence electrons. The second-order valence-electron chi connectivity index (χ2n) is 4.12. The quantitative estimate of drug-likeness (QED) is 0.666. The summed E-state index contributed by atoms with van der Waals surface area (Å²) in [5.74, 6) is 1.66. The maximum Gasteiger partial charge on any atom is 0.263 e. The van der Waals surface area contributed by atoms with Crippen molar-refractivity contribution in [2.45, 2.75) is 6.92 Å². The van der Waals surface area contributed by atoms with Crippen LogP contribution in [-0.4, -0.2) is 10.8 Å². The van der Waals surface area contributed by atoms with E-state index >= 15 is 0 Å². The Hall–Kier alpha value is -2.62. The number of benzene rings is 1. The molecule has 0 saturated heterocycles. The first-order valence-corrected chi connectivity index (χ1v) is 5.86. The Morgan fingerprint density at radius 2 is 1.79 bits per heavy atom. The summed E-state index contributed by atoms with van der Waals surface area (Å²) in [7, 11) is 0. The van der Waals surface area contributed by atoms with E-state index in [1.807, 2.05) is 30.3 Å². The number of hydrogen-bond acceptors (Lipinski definition) is 4. The number of carbonyl (C=O) groups is 1. The number of furan rings is 1. The average Bonchev–Trinajstić information content (AvgIpc) is 3.09. The van der Waals surface area contributed by atoms with Gasteiger partial charge in [0.1, 0.15) is 0 Å². The van der Waals surface area contributed by atoms with Crippen LogP contribution in [0.5, 0.6) is 0 Å². The summed E-state index contributed by atoms with van der Waals surface area (Å²) in [5.41, 5.74) is 0.944. The van der Waals surface area contributed by atoms with Crippen molar-refractivity contribution in [3.63, 3.8) is 0 Å². The van der Waals surface area contributed by atoms with E-state index in [-0.39, 0.29) is 5.78 Å². The van der Waals surface area contributed by atoms with Crippen LogP contribution in [0.4, 0.5) is 0 Å². The maximum atomic E-state index is 11.2. The topological polar surface area (TPSA) is 56.2 Å². The number of ketones is 1. The van der Waals surface area contributed by atoms with Crippen LogP contribution in [0.1, 0.15) is 17.5 Å². The first-order valence-electron chi connectivity index (χ1n) is 5.86. The average molecular weight is 253 g/mol. The van der Waals surface area contributed by atoms with Crippen LogP contribution in [0.3, 0.4) is 0 Å². The molecule has 0 spiro atoms. The van der Waals surface area contributed by atoms with Crippen LogP contribution in [0.2, 0.25) is 0 Å². The van der Waals surface area contributed by atoms with Crippen LogP contribution in [-0.2, 0) is 0 Å². The van der Waals surface area contributed by atoms with Crippen LogP contribution >= 0.6 is 0 Å². The first kappa shape index (κ1) is 11.5. The number of rotatable bonds is 3. The molecule has 0 aliphatic carbocycles. The molecule has 2 heterocycles. The van der Waals surface area contributed by atoms with Gasteiger partial charge in [-0.2, -0.15) is 0 Å². The lowest BCUT2D eigenvalue weighted by Gasteiger charge is -1.93. The summed E-state index contributed by atoms with van der Waals surface area (Å²) in [6.45, 7) is 1.45. The fourth-order valence-corrected chi connectivity index (χ4v) is 1.77. The molecule has 0 saturated carbocycles. The third kappa shape index (κ3) is 2.20. The lowest BCUT2D eigenvalue weighted by Crippen LogP contribution is -1.85. The van der Waals surface area contributed by atoms with E-state index in [9.17, 15) is 4.79 Å². The summed E-state index contributed by atoms with van der Waals surface area (Å²) in [5, 5.41) is 0. The van der Waals surface area contributed by atoms with E-state index in [1.54, 1.807) is 18.3 Å². The third-order valence-corrected chi connectivity index (χ3v) is 2.73. The summed E-state index contributed by atoms with van der Waals surface area (Å²) < 4.78 is 11.0. The largest absolute Gasteiger partial charge is 0.448 e. The summed E-state index contributed by atoms with van der Waals surface area (Å²) >= 11 is 0. The van der Waals surface area contributed by atoms with Crippen molar-refractivity contribution in [3.05, 3.63) is 54.4 Å². The van der Waals surface area contributed by atoms with E-state index < -0.39 is 0 Å². The SMILES string of the molecule is CC(=O)c1ccc(-c2ncc(-c3ccccc3)o2)o1. The van der Waals surface area contributed by atoms with Crippen LogP contribution in [0, 0.1) is 0 Å². The number of nitrogens with zero attached hydrogens (tertiary/aromatic N) is 1. The minimum atomic E-state index is -0.124. The summed E-state index contributed by atoms with van der Waals surface area (Å²) in [4.78, 5) is 15.3. The van der Waals surface area contributed by atoms with Gasteiger partial charge >= 0.3 is 0 Å². The Bertz CT molecular complexity index is 710. The zero-order valence-electron chi connectivity index (χ0n) is 10.3. The zero-order valence-corrected chi connectivity index (χ0v) is 10.3. The highest BCUT2D eigenvalue weighted by Gasteiger charge is 2.13.